The molecule has 3 heterocycles. The molecule has 158 valence electrons. The highest BCUT2D eigenvalue weighted by Crippen LogP contribution is 2.27. The van der Waals surface area contributed by atoms with Gasteiger partial charge in [0.2, 0.25) is 5.91 Å². The number of benzene rings is 2. The number of aromatic nitrogens is 4. The maximum atomic E-state index is 12.9. The Morgan fingerprint density at radius 2 is 1.87 bits per heavy atom. The second kappa shape index (κ2) is 7.86. The highest BCUT2D eigenvalue weighted by molar-refractivity contribution is 5.79. The van der Waals surface area contributed by atoms with E-state index in [9.17, 15) is 14.4 Å². The van der Waals surface area contributed by atoms with Crippen LogP contribution in [-0.4, -0.2) is 43.4 Å². The molecule has 5 rings (SSSR count). The van der Waals surface area contributed by atoms with Crippen molar-refractivity contribution < 1.29 is 4.79 Å². The molecule has 1 saturated heterocycles. The minimum absolute atomic E-state index is 0.00277. The number of rotatable bonds is 4. The molecule has 1 atom stereocenters. The van der Waals surface area contributed by atoms with E-state index in [4.69, 9.17) is 4.98 Å². The van der Waals surface area contributed by atoms with Crippen LogP contribution in [0.1, 0.15) is 31.0 Å². The van der Waals surface area contributed by atoms with E-state index >= 15 is 0 Å². The monoisotopic (exact) mass is 417 g/mol. The van der Waals surface area contributed by atoms with Crippen LogP contribution in [0, 0.1) is 0 Å². The fourth-order valence-electron chi connectivity index (χ4n) is 4.42. The van der Waals surface area contributed by atoms with Crippen LogP contribution >= 0.6 is 0 Å². The molecule has 2 aromatic carbocycles. The molecule has 2 N–H and O–H groups in total. The molecule has 0 spiro atoms. The van der Waals surface area contributed by atoms with Crippen LogP contribution in [0.5, 0.6) is 0 Å². The fraction of sp³-hybridized carbons (Fsp3) is 0.304. The molecule has 0 unspecified atom stereocenters. The second-order valence-electron chi connectivity index (χ2n) is 8.00. The third kappa shape index (κ3) is 3.65. The standard InChI is InChI=1S/C23H23N5O3/c29-20(11-13-28-19-10-4-1-7-16(19)22(30)26-23(28)31)27-12-5-6-15(14-27)21-24-17-8-2-3-9-18(17)25-21/h1-4,7-10,15H,5-6,11-14H2,(H,24,25)(H,26,30,31)/t15-/m1/s1. The SMILES string of the molecule is O=C(CCn1c(=O)[nH]c(=O)c2ccccc21)N1CCC[C@@H](c2nc3ccccc3[nH]2)C1. The normalized spacial score (nSPS) is 16.8. The van der Waals surface area contributed by atoms with E-state index in [-0.39, 0.29) is 24.8 Å². The van der Waals surface area contributed by atoms with Crippen molar-refractivity contribution in [2.45, 2.75) is 31.7 Å². The molecule has 0 bridgehead atoms. The summed E-state index contributed by atoms with van der Waals surface area (Å²) in [5.74, 6) is 1.09. The summed E-state index contributed by atoms with van der Waals surface area (Å²) in [6.45, 7) is 1.54. The number of likely N-dealkylation sites (tertiary alicyclic amines) is 1. The number of aryl methyl sites for hydroxylation is 1. The van der Waals surface area contributed by atoms with Crippen LogP contribution in [0.3, 0.4) is 0 Å². The number of nitrogens with one attached hydrogen (secondary N) is 2. The predicted octanol–water partition coefficient (Wildman–Crippen LogP) is 2.36. The van der Waals surface area contributed by atoms with Gasteiger partial charge in [-0.3, -0.25) is 19.1 Å². The first-order chi connectivity index (χ1) is 15.1. The summed E-state index contributed by atoms with van der Waals surface area (Å²) in [4.78, 5) is 49.6. The Bertz CT molecular complexity index is 1350. The maximum absolute atomic E-state index is 12.9. The van der Waals surface area contributed by atoms with Gasteiger partial charge in [-0.05, 0) is 37.1 Å². The number of amides is 1. The first-order valence-corrected chi connectivity index (χ1v) is 10.5. The van der Waals surface area contributed by atoms with E-state index in [1.54, 1.807) is 24.3 Å². The Balaban J connectivity index is 1.31. The van der Waals surface area contributed by atoms with Gasteiger partial charge in [0, 0.05) is 32.0 Å². The third-order valence-corrected chi connectivity index (χ3v) is 6.02. The molecule has 1 amide bonds. The van der Waals surface area contributed by atoms with Crippen molar-refractivity contribution in [3.8, 4) is 0 Å². The van der Waals surface area contributed by atoms with Gasteiger partial charge in [-0.1, -0.05) is 24.3 Å². The van der Waals surface area contributed by atoms with Crippen LogP contribution in [0.15, 0.2) is 58.1 Å². The van der Waals surface area contributed by atoms with Crippen molar-refractivity contribution in [3.05, 3.63) is 75.2 Å². The molecule has 4 aromatic rings. The molecule has 1 fully saturated rings. The van der Waals surface area contributed by atoms with Crippen molar-refractivity contribution >= 4 is 27.8 Å². The van der Waals surface area contributed by atoms with Gasteiger partial charge in [-0.25, -0.2) is 9.78 Å². The van der Waals surface area contributed by atoms with Gasteiger partial charge in [0.15, 0.2) is 0 Å². The second-order valence-corrected chi connectivity index (χ2v) is 8.00. The first kappa shape index (κ1) is 19.3. The first-order valence-electron chi connectivity index (χ1n) is 10.5. The molecule has 8 nitrogen and oxygen atoms in total. The number of aromatic amines is 2. The number of hydrogen-bond donors (Lipinski definition) is 2. The lowest BCUT2D eigenvalue weighted by atomic mass is 9.97. The number of fused-ring (bicyclic) bond motifs is 2. The lowest BCUT2D eigenvalue weighted by Crippen LogP contribution is -2.40. The highest BCUT2D eigenvalue weighted by Gasteiger charge is 2.26. The maximum Gasteiger partial charge on any atom is 0.328 e. The number of piperidine rings is 1. The number of carbonyl (C=O) groups excluding carboxylic acids is 1. The molecule has 1 aliphatic heterocycles. The van der Waals surface area contributed by atoms with Crippen molar-refractivity contribution in [3.63, 3.8) is 0 Å². The van der Waals surface area contributed by atoms with Gasteiger partial charge in [-0.15, -0.1) is 0 Å². The number of H-pyrrole nitrogens is 2. The molecule has 1 aliphatic rings. The van der Waals surface area contributed by atoms with Crippen LogP contribution in [0.4, 0.5) is 0 Å². The van der Waals surface area contributed by atoms with Crippen LogP contribution < -0.4 is 11.2 Å². The van der Waals surface area contributed by atoms with Crippen LogP contribution in [-0.2, 0) is 11.3 Å². The number of para-hydroxylation sites is 3. The lowest BCUT2D eigenvalue weighted by molar-refractivity contribution is -0.132. The average molecular weight is 417 g/mol. The van der Waals surface area contributed by atoms with Crippen molar-refractivity contribution in [2.75, 3.05) is 13.1 Å². The van der Waals surface area contributed by atoms with Gasteiger partial charge in [-0.2, -0.15) is 0 Å². The lowest BCUT2D eigenvalue weighted by Gasteiger charge is -2.32. The van der Waals surface area contributed by atoms with E-state index in [0.717, 1.165) is 29.7 Å². The summed E-state index contributed by atoms with van der Waals surface area (Å²) < 4.78 is 1.47. The molecular formula is C23H23N5O3. The fourth-order valence-corrected chi connectivity index (χ4v) is 4.42. The Morgan fingerprint density at radius 3 is 2.74 bits per heavy atom. The Labute approximate surface area is 177 Å². The summed E-state index contributed by atoms with van der Waals surface area (Å²) in [6.07, 6.45) is 2.09. The molecule has 0 aliphatic carbocycles. The molecule has 8 heteroatoms. The zero-order valence-corrected chi connectivity index (χ0v) is 17.0. The van der Waals surface area contributed by atoms with Crippen molar-refractivity contribution in [1.82, 2.24) is 24.4 Å². The van der Waals surface area contributed by atoms with Gasteiger partial charge in [0.05, 0.1) is 21.9 Å². The van der Waals surface area contributed by atoms with E-state index < -0.39 is 11.2 Å². The zero-order chi connectivity index (χ0) is 21.4. The number of hydrogen-bond acceptors (Lipinski definition) is 4. The van der Waals surface area contributed by atoms with Crippen LogP contribution in [0.25, 0.3) is 21.9 Å². The van der Waals surface area contributed by atoms with Gasteiger partial charge in [0.1, 0.15) is 5.82 Å². The average Bonchev–Trinajstić information content (AvgIpc) is 3.23. The van der Waals surface area contributed by atoms with Crippen molar-refractivity contribution in [1.29, 1.82) is 0 Å². The Hall–Kier alpha value is -3.68. The zero-order valence-electron chi connectivity index (χ0n) is 17.0. The predicted molar refractivity (Wildman–Crippen MR) is 118 cm³/mol. The summed E-state index contributed by atoms with van der Waals surface area (Å²) in [5, 5.41) is 0.442. The van der Waals surface area contributed by atoms with Gasteiger partial charge in [0.25, 0.3) is 5.56 Å². The number of imidazole rings is 1. The largest absolute Gasteiger partial charge is 0.342 e. The summed E-state index contributed by atoms with van der Waals surface area (Å²) in [5.41, 5.74) is 1.58. The molecule has 0 radical (unpaired) electrons. The molecule has 0 saturated carbocycles. The van der Waals surface area contributed by atoms with Gasteiger partial charge >= 0.3 is 5.69 Å². The number of carbonyl (C=O) groups is 1. The molecule has 31 heavy (non-hydrogen) atoms. The highest BCUT2D eigenvalue weighted by atomic mass is 16.2. The van der Waals surface area contributed by atoms with Crippen molar-refractivity contribution in [2.24, 2.45) is 0 Å². The summed E-state index contributed by atoms with van der Waals surface area (Å²) >= 11 is 0. The summed E-state index contributed by atoms with van der Waals surface area (Å²) in [6, 6.07) is 14.9. The van der Waals surface area contributed by atoms with E-state index in [2.05, 4.69) is 9.97 Å². The van der Waals surface area contributed by atoms with Crippen LogP contribution in [0.2, 0.25) is 0 Å². The Morgan fingerprint density at radius 1 is 1.06 bits per heavy atom. The topological polar surface area (TPSA) is 104 Å². The van der Waals surface area contributed by atoms with Gasteiger partial charge < -0.3 is 9.88 Å². The summed E-state index contributed by atoms with van der Waals surface area (Å²) in [7, 11) is 0. The minimum atomic E-state index is -0.490. The quantitative estimate of drug-likeness (QED) is 0.532. The third-order valence-electron chi connectivity index (χ3n) is 6.02. The van der Waals surface area contributed by atoms with E-state index in [1.807, 2.05) is 29.2 Å². The number of nitrogens with zero attached hydrogens (tertiary/aromatic N) is 3. The minimum Gasteiger partial charge on any atom is -0.342 e. The molecular weight excluding hydrogens is 394 g/mol. The van der Waals surface area contributed by atoms with E-state index in [1.165, 1.54) is 4.57 Å². The van der Waals surface area contributed by atoms with E-state index in [0.29, 0.717) is 24.0 Å². The molecule has 2 aromatic heterocycles. The smallest absolute Gasteiger partial charge is 0.328 e. The Kier molecular flexibility index (Phi) is 4.89.